The highest BCUT2D eigenvalue weighted by Crippen LogP contribution is 2.43. The quantitative estimate of drug-likeness (QED) is 0.481. The molecule has 1 unspecified atom stereocenters. The lowest BCUT2D eigenvalue weighted by Gasteiger charge is -2.31. The number of alkyl halides is 3. The summed E-state index contributed by atoms with van der Waals surface area (Å²) in [5.74, 6) is -1.26. The number of nitrogens with one attached hydrogen (secondary N) is 1. The standard InChI is InChI=1S/C27H26F3N5O4S/c1-14-15(2)40-20-11-34(21(27(28,29)30)13-39-23(14)20)22(36)12-35-24(37)26(32-25(35)38)7-6-17-8-16(4-5-19(17)26)18-9-31-33(3)10-18/h4-5,8-10,21H,6-7,11-13H2,1-3H3,(H,32,38)/t21-,26?/m0/s1. The number of benzene rings is 1. The minimum atomic E-state index is -4.76. The van der Waals surface area contributed by atoms with Gasteiger partial charge in [0, 0.05) is 29.2 Å². The average molecular weight is 574 g/mol. The van der Waals surface area contributed by atoms with Crippen molar-refractivity contribution < 1.29 is 32.3 Å². The van der Waals surface area contributed by atoms with E-state index >= 15 is 0 Å². The summed E-state index contributed by atoms with van der Waals surface area (Å²) < 4.78 is 49.3. The molecule has 2 aromatic heterocycles. The second-order valence-electron chi connectivity index (χ2n) is 10.4. The zero-order chi connectivity index (χ0) is 28.6. The SMILES string of the molecule is Cc1sc2c(c1C)OC[C@@H](C(F)(F)F)N(C(=O)CN1C(=O)NC3(CCc4cc(-c5cnn(C)c5)ccc43)C1=O)C2. The summed E-state index contributed by atoms with van der Waals surface area (Å²) >= 11 is 1.26. The van der Waals surface area contributed by atoms with Crippen LogP contribution in [0.2, 0.25) is 0 Å². The molecule has 1 spiro atoms. The van der Waals surface area contributed by atoms with Crippen LogP contribution in [0.3, 0.4) is 0 Å². The minimum Gasteiger partial charge on any atom is -0.490 e. The van der Waals surface area contributed by atoms with Crippen molar-refractivity contribution >= 4 is 29.2 Å². The summed E-state index contributed by atoms with van der Waals surface area (Å²) in [5, 5.41) is 6.93. The molecule has 2 aliphatic heterocycles. The van der Waals surface area contributed by atoms with Crippen LogP contribution in [0.1, 0.15) is 32.9 Å². The maximum absolute atomic E-state index is 14.0. The minimum absolute atomic E-state index is 0.286. The highest BCUT2D eigenvalue weighted by molar-refractivity contribution is 7.12. The van der Waals surface area contributed by atoms with Gasteiger partial charge in [0.1, 0.15) is 24.4 Å². The van der Waals surface area contributed by atoms with Gasteiger partial charge in [-0.05, 0) is 43.4 Å². The molecule has 1 aliphatic carbocycles. The third-order valence-electron chi connectivity index (χ3n) is 8.01. The van der Waals surface area contributed by atoms with Crippen LogP contribution in [0.4, 0.5) is 18.0 Å². The maximum Gasteiger partial charge on any atom is 0.412 e. The van der Waals surface area contributed by atoms with Crippen molar-refractivity contribution in [1.29, 1.82) is 0 Å². The number of fused-ring (bicyclic) bond motifs is 3. The lowest BCUT2D eigenvalue weighted by Crippen LogP contribution is -2.53. The lowest BCUT2D eigenvalue weighted by atomic mass is 9.90. The molecule has 40 heavy (non-hydrogen) atoms. The Kier molecular flexibility index (Phi) is 5.98. The number of aryl methyl sites for hydroxylation is 3. The predicted octanol–water partition coefficient (Wildman–Crippen LogP) is 3.81. The maximum atomic E-state index is 14.0. The van der Waals surface area contributed by atoms with E-state index in [0.29, 0.717) is 27.5 Å². The zero-order valence-corrected chi connectivity index (χ0v) is 22.8. The number of hydrogen-bond acceptors (Lipinski definition) is 6. The highest BCUT2D eigenvalue weighted by Gasteiger charge is 2.56. The molecule has 4 amide bonds. The number of hydrogen-bond donors (Lipinski definition) is 1. The van der Waals surface area contributed by atoms with Crippen molar-refractivity contribution in [3.63, 3.8) is 0 Å². The predicted molar refractivity (Wildman–Crippen MR) is 139 cm³/mol. The smallest absolute Gasteiger partial charge is 0.412 e. The molecule has 4 heterocycles. The number of imide groups is 1. The Morgan fingerprint density at radius 3 is 2.73 bits per heavy atom. The fraction of sp³-hybridized carbons (Fsp3) is 0.407. The molecule has 9 nitrogen and oxygen atoms in total. The number of nitrogens with zero attached hydrogens (tertiary/aromatic N) is 4. The van der Waals surface area contributed by atoms with Crippen molar-refractivity contribution in [2.24, 2.45) is 7.05 Å². The lowest BCUT2D eigenvalue weighted by molar-refractivity contribution is -0.195. The molecule has 1 fully saturated rings. The third kappa shape index (κ3) is 4.05. The first-order valence-corrected chi connectivity index (χ1v) is 13.5. The summed E-state index contributed by atoms with van der Waals surface area (Å²) in [6, 6.07) is 2.54. The Bertz CT molecular complexity index is 1560. The molecule has 2 atom stereocenters. The van der Waals surface area contributed by atoms with E-state index in [-0.39, 0.29) is 13.0 Å². The first-order chi connectivity index (χ1) is 18.9. The normalized spacial score (nSPS) is 22.3. The summed E-state index contributed by atoms with van der Waals surface area (Å²) in [6.07, 6.45) is -0.370. The number of carbonyl (C=O) groups is 3. The van der Waals surface area contributed by atoms with Crippen LogP contribution in [0.5, 0.6) is 5.75 Å². The van der Waals surface area contributed by atoms with Crippen LogP contribution in [0, 0.1) is 13.8 Å². The van der Waals surface area contributed by atoms with E-state index in [4.69, 9.17) is 4.74 Å². The van der Waals surface area contributed by atoms with E-state index in [1.54, 1.807) is 23.9 Å². The van der Waals surface area contributed by atoms with Crippen molar-refractivity contribution in [2.75, 3.05) is 13.2 Å². The Labute approximate surface area is 231 Å². The van der Waals surface area contributed by atoms with Crippen LogP contribution in [0.15, 0.2) is 30.6 Å². The third-order valence-corrected chi connectivity index (χ3v) is 9.19. The zero-order valence-electron chi connectivity index (χ0n) is 22.0. The van der Waals surface area contributed by atoms with E-state index in [1.807, 2.05) is 32.3 Å². The number of thiophene rings is 1. The number of ether oxygens (including phenoxy) is 1. The monoisotopic (exact) mass is 573 g/mol. The van der Waals surface area contributed by atoms with Gasteiger partial charge in [-0.2, -0.15) is 18.3 Å². The number of rotatable bonds is 3. The van der Waals surface area contributed by atoms with Gasteiger partial charge in [0.05, 0.1) is 17.6 Å². The molecule has 1 N–H and O–H groups in total. The fourth-order valence-corrected chi connectivity index (χ4v) is 6.91. The first kappa shape index (κ1) is 26.4. The van der Waals surface area contributed by atoms with Crippen LogP contribution in [-0.2, 0) is 35.1 Å². The molecule has 0 radical (unpaired) electrons. The number of urea groups is 1. The van der Waals surface area contributed by atoms with Gasteiger partial charge in [-0.25, -0.2) is 4.79 Å². The molecule has 1 aromatic carbocycles. The Morgan fingerprint density at radius 1 is 1.25 bits per heavy atom. The second-order valence-corrected chi connectivity index (χ2v) is 11.7. The Balaban J connectivity index is 1.26. The Morgan fingerprint density at radius 2 is 2.02 bits per heavy atom. The van der Waals surface area contributed by atoms with Gasteiger partial charge in [-0.3, -0.25) is 19.2 Å². The van der Waals surface area contributed by atoms with Gasteiger partial charge in [0.25, 0.3) is 5.91 Å². The van der Waals surface area contributed by atoms with E-state index in [2.05, 4.69) is 10.4 Å². The molecule has 3 aliphatic rings. The molecular weight excluding hydrogens is 547 g/mol. The van der Waals surface area contributed by atoms with Crippen molar-refractivity contribution in [2.45, 2.75) is 51.0 Å². The van der Waals surface area contributed by atoms with Crippen LogP contribution in [-0.4, -0.2) is 62.8 Å². The second kappa shape index (κ2) is 9.08. The highest BCUT2D eigenvalue weighted by atomic mass is 32.1. The molecule has 3 aromatic rings. The van der Waals surface area contributed by atoms with E-state index in [1.165, 1.54) is 11.3 Å². The molecule has 210 valence electrons. The number of aromatic nitrogens is 2. The van der Waals surface area contributed by atoms with Gasteiger partial charge >= 0.3 is 12.2 Å². The van der Waals surface area contributed by atoms with E-state index in [9.17, 15) is 27.6 Å². The molecule has 6 rings (SSSR count). The summed E-state index contributed by atoms with van der Waals surface area (Å²) in [6.45, 7) is 1.69. The number of amides is 4. The van der Waals surface area contributed by atoms with Gasteiger partial charge in [0.2, 0.25) is 5.91 Å². The largest absolute Gasteiger partial charge is 0.490 e. The molecular formula is C27H26F3N5O4S. The van der Waals surface area contributed by atoms with Crippen LogP contribution < -0.4 is 10.1 Å². The van der Waals surface area contributed by atoms with E-state index in [0.717, 1.165) is 32.0 Å². The van der Waals surface area contributed by atoms with Crippen molar-refractivity contribution in [3.05, 3.63) is 57.0 Å². The van der Waals surface area contributed by atoms with Crippen LogP contribution >= 0.6 is 11.3 Å². The van der Waals surface area contributed by atoms with E-state index < -0.39 is 48.8 Å². The summed E-state index contributed by atoms with van der Waals surface area (Å²) in [4.78, 5) is 42.9. The van der Waals surface area contributed by atoms with Gasteiger partial charge in [-0.1, -0.05) is 18.2 Å². The number of halogens is 3. The van der Waals surface area contributed by atoms with Gasteiger partial charge in [0.15, 0.2) is 6.04 Å². The van der Waals surface area contributed by atoms with Crippen molar-refractivity contribution in [3.8, 4) is 16.9 Å². The summed E-state index contributed by atoms with van der Waals surface area (Å²) in [7, 11) is 1.81. The first-order valence-electron chi connectivity index (χ1n) is 12.7. The molecule has 0 bridgehead atoms. The average Bonchev–Trinajstić information content (AvgIpc) is 3.58. The van der Waals surface area contributed by atoms with Crippen molar-refractivity contribution in [1.82, 2.24) is 24.9 Å². The summed E-state index contributed by atoms with van der Waals surface area (Å²) in [5.41, 5.74) is 2.69. The molecule has 0 saturated carbocycles. The fourth-order valence-electron chi connectivity index (χ4n) is 5.79. The molecule has 13 heteroatoms. The Hall–Kier alpha value is -3.87. The topological polar surface area (TPSA) is 96.8 Å². The van der Waals surface area contributed by atoms with Gasteiger partial charge in [-0.15, -0.1) is 11.3 Å². The van der Waals surface area contributed by atoms with Gasteiger partial charge < -0.3 is 15.0 Å². The van der Waals surface area contributed by atoms with Crippen LogP contribution in [0.25, 0.3) is 11.1 Å². The number of carbonyl (C=O) groups excluding carboxylic acids is 3. The molecule has 1 saturated heterocycles.